The van der Waals surface area contributed by atoms with E-state index in [2.05, 4.69) is 0 Å². The molecule has 0 spiro atoms. The fraction of sp³-hybridized carbons (Fsp3) is 0.857. The van der Waals surface area contributed by atoms with Crippen LogP contribution in [0.5, 0.6) is 0 Å². The summed E-state index contributed by atoms with van der Waals surface area (Å²) in [6.45, 7) is 6.19. The number of carbonyl (C=O) groups is 2. The number of alkyl halides is 1. The van der Waals surface area contributed by atoms with Crippen LogP contribution in [-0.4, -0.2) is 41.2 Å². The van der Waals surface area contributed by atoms with E-state index in [1.807, 2.05) is 20.8 Å². The summed E-state index contributed by atoms with van der Waals surface area (Å²) >= 11 is 5.46. The molecule has 3 fully saturated rings. The molecule has 2 aliphatic heterocycles. The fourth-order valence-corrected chi connectivity index (χ4v) is 3.25. The van der Waals surface area contributed by atoms with E-state index >= 15 is 0 Å². The molecule has 0 radical (unpaired) electrons. The lowest BCUT2D eigenvalue weighted by molar-refractivity contribution is -0.154. The van der Waals surface area contributed by atoms with E-state index in [-0.39, 0.29) is 30.1 Å². The van der Waals surface area contributed by atoms with Gasteiger partial charge in [0.15, 0.2) is 6.07 Å². The van der Waals surface area contributed by atoms with Crippen molar-refractivity contribution in [1.82, 2.24) is 4.90 Å². The van der Waals surface area contributed by atoms with Crippen molar-refractivity contribution in [2.75, 3.05) is 12.6 Å². The van der Waals surface area contributed by atoms with Crippen molar-refractivity contribution >= 4 is 23.7 Å². The summed E-state index contributed by atoms with van der Waals surface area (Å²) in [5.41, 5.74) is -0.528. The number of piperidine rings is 2. The molecule has 3 rings (SSSR count). The van der Waals surface area contributed by atoms with Gasteiger partial charge in [-0.1, -0.05) is 11.6 Å². The summed E-state index contributed by atoms with van der Waals surface area (Å²) in [5.74, 6) is -0.225. The van der Waals surface area contributed by atoms with Gasteiger partial charge < -0.3 is 14.4 Å². The van der Waals surface area contributed by atoms with Crippen molar-refractivity contribution in [3.8, 4) is 0 Å². The van der Waals surface area contributed by atoms with E-state index in [0.29, 0.717) is 12.5 Å². The third kappa shape index (κ3) is 3.37. The van der Waals surface area contributed by atoms with Crippen molar-refractivity contribution in [1.29, 1.82) is 0 Å². The Morgan fingerprint density at radius 3 is 2.55 bits per heavy atom. The van der Waals surface area contributed by atoms with Gasteiger partial charge in [0.25, 0.3) is 0 Å². The maximum atomic E-state index is 12.3. The van der Waals surface area contributed by atoms with Crippen LogP contribution in [0, 0.1) is 11.8 Å². The molecule has 1 saturated carbocycles. The molecular formula is C14H22ClNO4. The van der Waals surface area contributed by atoms with Crippen molar-refractivity contribution in [3.05, 3.63) is 0 Å². The third-order valence-corrected chi connectivity index (χ3v) is 4.01. The highest BCUT2D eigenvalue weighted by atomic mass is 35.5. The molecule has 6 heteroatoms. The number of rotatable bonds is 2. The Hall–Kier alpha value is -0.970. The number of halogens is 1. The quantitative estimate of drug-likeness (QED) is 0.581. The van der Waals surface area contributed by atoms with Crippen LogP contribution in [0.25, 0.3) is 0 Å². The highest BCUT2D eigenvalue weighted by Crippen LogP contribution is 2.40. The molecule has 0 N–H and O–H groups in total. The molecule has 3 unspecified atom stereocenters. The van der Waals surface area contributed by atoms with Crippen molar-refractivity contribution in [2.24, 2.45) is 11.8 Å². The number of fused-ring (bicyclic) bond motifs is 3. The standard InChI is InChI=1S/C14H22ClNO4/c1-14(2,3)20-13(18)16-7-9-4-5-11(16)10(6-9)12(17)19-8-15/h9-11H,4-8H2,1-3H3. The molecule has 1 aliphatic carbocycles. The van der Waals surface area contributed by atoms with E-state index in [1.165, 1.54) is 0 Å². The SMILES string of the molecule is CC(C)(C)OC(=O)N1CC2CCC1C(C(=O)OCCl)C2. The van der Waals surface area contributed by atoms with Gasteiger partial charge in [0, 0.05) is 12.6 Å². The molecule has 2 heterocycles. The van der Waals surface area contributed by atoms with Crippen LogP contribution in [0.15, 0.2) is 0 Å². The van der Waals surface area contributed by atoms with Gasteiger partial charge in [0.2, 0.25) is 0 Å². The molecule has 3 atom stereocenters. The fourth-order valence-electron chi connectivity index (χ4n) is 3.14. The highest BCUT2D eigenvalue weighted by molar-refractivity contribution is 6.17. The summed E-state index contributed by atoms with van der Waals surface area (Å²) in [7, 11) is 0. The Morgan fingerprint density at radius 2 is 2.00 bits per heavy atom. The highest BCUT2D eigenvalue weighted by Gasteiger charge is 2.47. The predicted octanol–water partition coefficient (Wildman–Crippen LogP) is 2.76. The Bertz CT molecular complexity index is 393. The van der Waals surface area contributed by atoms with Crippen LogP contribution >= 0.6 is 11.6 Å². The first-order valence-corrected chi connectivity index (χ1v) is 7.57. The smallest absolute Gasteiger partial charge is 0.410 e. The monoisotopic (exact) mass is 303 g/mol. The first kappa shape index (κ1) is 15.4. The number of nitrogens with zero attached hydrogens (tertiary/aromatic N) is 1. The van der Waals surface area contributed by atoms with E-state index < -0.39 is 5.60 Å². The summed E-state index contributed by atoms with van der Waals surface area (Å²) in [6, 6.07) is -0.260. The Morgan fingerprint density at radius 1 is 1.30 bits per heavy atom. The van der Waals surface area contributed by atoms with Crippen LogP contribution in [0.3, 0.4) is 0 Å². The van der Waals surface area contributed by atoms with Crippen molar-refractivity contribution in [3.63, 3.8) is 0 Å². The lowest BCUT2D eigenvalue weighted by Gasteiger charge is -2.48. The molecule has 20 heavy (non-hydrogen) atoms. The van der Waals surface area contributed by atoms with Gasteiger partial charge in [-0.25, -0.2) is 4.79 Å². The average molecular weight is 304 g/mol. The predicted molar refractivity (Wildman–Crippen MR) is 74.4 cm³/mol. The largest absolute Gasteiger partial charge is 0.449 e. The van der Waals surface area contributed by atoms with Gasteiger partial charge in [-0.15, -0.1) is 0 Å². The van der Waals surface area contributed by atoms with Gasteiger partial charge >= 0.3 is 12.1 Å². The summed E-state index contributed by atoms with van der Waals surface area (Å²) < 4.78 is 10.3. The van der Waals surface area contributed by atoms with Crippen molar-refractivity contribution < 1.29 is 19.1 Å². The molecule has 0 aromatic carbocycles. The minimum Gasteiger partial charge on any atom is -0.449 e. The van der Waals surface area contributed by atoms with Crippen LogP contribution in [0.1, 0.15) is 40.0 Å². The molecule has 2 bridgehead atoms. The van der Waals surface area contributed by atoms with Gasteiger partial charge in [-0.05, 0) is 46.0 Å². The van der Waals surface area contributed by atoms with E-state index in [1.54, 1.807) is 4.90 Å². The molecule has 0 aromatic rings. The number of amides is 1. The maximum Gasteiger partial charge on any atom is 0.410 e. The normalized spacial score (nSPS) is 29.2. The van der Waals surface area contributed by atoms with Crippen molar-refractivity contribution in [2.45, 2.75) is 51.7 Å². The summed E-state index contributed by atoms with van der Waals surface area (Å²) in [5, 5.41) is 0. The van der Waals surface area contributed by atoms with Crippen LogP contribution in [0.2, 0.25) is 0 Å². The minimum absolute atomic E-state index is 0.120. The number of hydrogen-bond acceptors (Lipinski definition) is 4. The second-order valence-corrected chi connectivity index (χ2v) is 6.78. The number of ether oxygens (including phenoxy) is 2. The molecular weight excluding hydrogens is 282 g/mol. The van der Waals surface area contributed by atoms with Gasteiger partial charge in [-0.2, -0.15) is 0 Å². The third-order valence-electron chi connectivity index (χ3n) is 3.91. The summed E-state index contributed by atoms with van der Waals surface area (Å²) in [6.07, 6.45) is 2.32. The molecule has 5 nitrogen and oxygen atoms in total. The first-order chi connectivity index (χ1) is 9.31. The molecule has 0 aromatic heterocycles. The maximum absolute atomic E-state index is 12.3. The van der Waals surface area contributed by atoms with Crippen LogP contribution in [-0.2, 0) is 14.3 Å². The zero-order valence-electron chi connectivity index (χ0n) is 12.2. The van der Waals surface area contributed by atoms with E-state index in [0.717, 1.165) is 19.3 Å². The Kier molecular flexibility index (Phi) is 4.47. The topological polar surface area (TPSA) is 55.8 Å². The molecule has 114 valence electrons. The zero-order chi connectivity index (χ0) is 14.9. The molecule has 2 saturated heterocycles. The lowest BCUT2D eigenvalue weighted by Crippen LogP contribution is -2.58. The van der Waals surface area contributed by atoms with Gasteiger partial charge in [0.1, 0.15) is 5.60 Å². The minimum atomic E-state index is -0.528. The van der Waals surface area contributed by atoms with Crippen LogP contribution < -0.4 is 0 Å². The second kappa shape index (κ2) is 5.80. The number of hydrogen-bond donors (Lipinski definition) is 0. The Labute approximate surface area is 124 Å². The first-order valence-electron chi connectivity index (χ1n) is 7.04. The lowest BCUT2D eigenvalue weighted by atomic mass is 9.73. The molecule has 1 amide bonds. The zero-order valence-corrected chi connectivity index (χ0v) is 13.0. The van der Waals surface area contributed by atoms with E-state index in [9.17, 15) is 9.59 Å². The molecule has 3 aliphatic rings. The number of esters is 1. The van der Waals surface area contributed by atoms with Crippen LogP contribution in [0.4, 0.5) is 4.79 Å². The average Bonchev–Trinajstić information content (AvgIpc) is 2.37. The van der Waals surface area contributed by atoms with E-state index in [4.69, 9.17) is 21.1 Å². The van der Waals surface area contributed by atoms with Gasteiger partial charge in [-0.3, -0.25) is 4.79 Å². The number of carbonyl (C=O) groups excluding carboxylic acids is 2. The second-order valence-electron chi connectivity index (χ2n) is 6.56. The Balaban J connectivity index is 2.08. The van der Waals surface area contributed by atoms with Gasteiger partial charge in [0.05, 0.1) is 5.92 Å². The summed E-state index contributed by atoms with van der Waals surface area (Å²) in [4.78, 5) is 25.9.